The van der Waals surface area contributed by atoms with Gasteiger partial charge in [0, 0.05) is 18.4 Å². The van der Waals surface area contributed by atoms with Crippen LogP contribution in [0.2, 0.25) is 0 Å². The summed E-state index contributed by atoms with van der Waals surface area (Å²) in [5.74, 6) is 0.898. The van der Waals surface area contributed by atoms with E-state index in [1.165, 1.54) is 10.8 Å². The molecule has 0 aliphatic heterocycles. The Bertz CT molecular complexity index is 713. The Kier molecular flexibility index (Phi) is 2.95. The third kappa shape index (κ3) is 2.32. The summed E-state index contributed by atoms with van der Waals surface area (Å²) in [5, 5.41) is 5.88. The van der Waals surface area contributed by atoms with Crippen molar-refractivity contribution in [3.63, 3.8) is 0 Å². The molecule has 1 aromatic heterocycles. The SMILES string of the molecule is CCn1cc(C)nc1Nc1ccc2ccccc2c1. The molecule has 0 amide bonds. The second-order valence-electron chi connectivity index (χ2n) is 4.68. The molecule has 19 heavy (non-hydrogen) atoms. The van der Waals surface area contributed by atoms with Crippen LogP contribution in [-0.4, -0.2) is 9.55 Å². The van der Waals surface area contributed by atoms with Gasteiger partial charge in [0.25, 0.3) is 0 Å². The van der Waals surface area contributed by atoms with Crippen LogP contribution in [0.15, 0.2) is 48.7 Å². The second-order valence-corrected chi connectivity index (χ2v) is 4.68. The van der Waals surface area contributed by atoms with Gasteiger partial charge in [0.2, 0.25) is 5.95 Å². The highest BCUT2D eigenvalue weighted by Gasteiger charge is 2.04. The summed E-state index contributed by atoms with van der Waals surface area (Å²) < 4.78 is 2.12. The van der Waals surface area contributed by atoms with Crippen molar-refractivity contribution in [3.8, 4) is 0 Å². The minimum absolute atomic E-state index is 0.898. The van der Waals surface area contributed by atoms with Crippen molar-refractivity contribution in [1.29, 1.82) is 0 Å². The molecule has 0 saturated heterocycles. The van der Waals surface area contributed by atoms with Crippen LogP contribution >= 0.6 is 0 Å². The van der Waals surface area contributed by atoms with Crippen LogP contribution in [0.4, 0.5) is 11.6 Å². The number of fused-ring (bicyclic) bond motifs is 1. The van der Waals surface area contributed by atoms with Gasteiger partial charge in [-0.3, -0.25) is 0 Å². The van der Waals surface area contributed by atoms with Crippen LogP contribution in [0.3, 0.4) is 0 Å². The van der Waals surface area contributed by atoms with Gasteiger partial charge in [-0.1, -0.05) is 30.3 Å². The predicted molar refractivity (Wildman–Crippen MR) is 79.9 cm³/mol. The average molecular weight is 251 g/mol. The van der Waals surface area contributed by atoms with Gasteiger partial charge in [0.15, 0.2) is 0 Å². The molecule has 0 radical (unpaired) electrons. The van der Waals surface area contributed by atoms with Gasteiger partial charge in [-0.05, 0) is 36.8 Å². The zero-order chi connectivity index (χ0) is 13.2. The van der Waals surface area contributed by atoms with E-state index in [9.17, 15) is 0 Å². The minimum atomic E-state index is 0.898. The molecule has 0 unspecified atom stereocenters. The van der Waals surface area contributed by atoms with E-state index in [2.05, 4.69) is 70.5 Å². The van der Waals surface area contributed by atoms with E-state index in [1.54, 1.807) is 0 Å². The number of aryl methyl sites for hydroxylation is 2. The molecule has 0 atom stereocenters. The summed E-state index contributed by atoms with van der Waals surface area (Å²) in [5.41, 5.74) is 2.10. The number of anilines is 2. The lowest BCUT2D eigenvalue weighted by Crippen LogP contribution is -2.01. The smallest absolute Gasteiger partial charge is 0.207 e. The van der Waals surface area contributed by atoms with E-state index < -0.39 is 0 Å². The molecule has 3 aromatic rings. The Balaban J connectivity index is 1.96. The first-order chi connectivity index (χ1) is 9.26. The molecule has 0 aliphatic carbocycles. The molecule has 3 heteroatoms. The minimum Gasteiger partial charge on any atom is -0.326 e. The maximum Gasteiger partial charge on any atom is 0.207 e. The first kappa shape index (κ1) is 11.8. The Morgan fingerprint density at radius 1 is 1.11 bits per heavy atom. The van der Waals surface area contributed by atoms with Crippen LogP contribution in [-0.2, 0) is 6.54 Å². The summed E-state index contributed by atoms with van der Waals surface area (Å²) in [6, 6.07) is 14.7. The molecule has 0 spiro atoms. The molecular weight excluding hydrogens is 234 g/mol. The van der Waals surface area contributed by atoms with Crippen molar-refractivity contribution in [2.24, 2.45) is 0 Å². The van der Waals surface area contributed by atoms with E-state index in [0.29, 0.717) is 0 Å². The molecule has 1 heterocycles. The fourth-order valence-corrected chi connectivity index (χ4v) is 2.28. The van der Waals surface area contributed by atoms with Crippen LogP contribution in [0.5, 0.6) is 0 Å². The van der Waals surface area contributed by atoms with Gasteiger partial charge in [-0.15, -0.1) is 0 Å². The standard InChI is InChI=1S/C16H17N3/c1-3-19-11-12(2)17-16(19)18-15-9-8-13-6-4-5-7-14(13)10-15/h4-11H,3H2,1-2H3,(H,17,18). The molecule has 0 saturated carbocycles. The highest BCUT2D eigenvalue weighted by Crippen LogP contribution is 2.22. The number of hydrogen-bond donors (Lipinski definition) is 1. The van der Waals surface area contributed by atoms with Crippen LogP contribution in [0.1, 0.15) is 12.6 Å². The number of imidazole rings is 1. The fraction of sp³-hybridized carbons (Fsp3) is 0.188. The van der Waals surface area contributed by atoms with Gasteiger partial charge in [0.1, 0.15) is 0 Å². The van der Waals surface area contributed by atoms with E-state index in [-0.39, 0.29) is 0 Å². The van der Waals surface area contributed by atoms with Gasteiger partial charge < -0.3 is 9.88 Å². The largest absolute Gasteiger partial charge is 0.326 e. The molecule has 0 fully saturated rings. The molecule has 1 N–H and O–H groups in total. The number of nitrogens with zero attached hydrogens (tertiary/aromatic N) is 2. The third-order valence-corrected chi connectivity index (χ3v) is 3.24. The highest BCUT2D eigenvalue weighted by atomic mass is 15.2. The molecule has 3 rings (SSSR count). The lowest BCUT2D eigenvalue weighted by molar-refractivity contribution is 0.771. The number of nitrogens with one attached hydrogen (secondary N) is 1. The fourth-order valence-electron chi connectivity index (χ4n) is 2.28. The summed E-state index contributed by atoms with van der Waals surface area (Å²) in [4.78, 5) is 4.51. The van der Waals surface area contributed by atoms with Gasteiger partial charge >= 0.3 is 0 Å². The quantitative estimate of drug-likeness (QED) is 0.759. The van der Waals surface area contributed by atoms with Gasteiger partial charge in [0.05, 0.1) is 5.69 Å². The lowest BCUT2D eigenvalue weighted by atomic mass is 10.1. The van der Waals surface area contributed by atoms with Crippen molar-refractivity contribution in [1.82, 2.24) is 9.55 Å². The van der Waals surface area contributed by atoms with Crippen LogP contribution < -0.4 is 5.32 Å². The molecule has 0 aliphatic rings. The van der Waals surface area contributed by atoms with Crippen LogP contribution in [0.25, 0.3) is 10.8 Å². The zero-order valence-electron chi connectivity index (χ0n) is 11.2. The summed E-state index contributed by atoms with van der Waals surface area (Å²) >= 11 is 0. The number of aromatic nitrogens is 2. The van der Waals surface area contributed by atoms with Crippen LogP contribution in [0, 0.1) is 6.92 Å². The summed E-state index contributed by atoms with van der Waals surface area (Å²) in [7, 11) is 0. The normalized spacial score (nSPS) is 10.8. The molecule has 96 valence electrons. The first-order valence-corrected chi connectivity index (χ1v) is 6.56. The zero-order valence-corrected chi connectivity index (χ0v) is 11.2. The topological polar surface area (TPSA) is 29.9 Å². The third-order valence-electron chi connectivity index (χ3n) is 3.24. The van der Waals surface area contributed by atoms with E-state index in [1.807, 2.05) is 6.92 Å². The van der Waals surface area contributed by atoms with Crippen molar-refractivity contribution >= 4 is 22.4 Å². The highest BCUT2D eigenvalue weighted by molar-refractivity contribution is 5.86. The Hall–Kier alpha value is -2.29. The number of hydrogen-bond acceptors (Lipinski definition) is 2. The summed E-state index contributed by atoms with van der Waals surface area (Å²) in [6.07, 6.45) is 2.06. The summed E-state index contributed by atoms with van der Waals surface area (Å²) in [6.45, 7) is 5.04. The van der Waals surface area contributed by atoms with Crippen molar-refractivity contribution in [2.45, 2.75) is 20.4 Å². The Labute approximate surface area is 112 Å². The van der Waals surface area contributed by atoms with Gasteiger partial charge in [-0.25, -0.2) is 4.98 Å². The van der Waals surface area contributed by atoms with E-state index in [0.717, 1.165) is 23.9 Å². The lowest BCUT2D eigenvalue weighted by Gasteiger charge is -2.08. The Morgan fingerprint density at radius 2 is 1.89 bits per heavy atom. The van der Waals surface area contributed by atoms with E-state index in [4.69, 9.17) is 0 Å². The monoisotopic (exact) mass is 251 g/mol. The maximum atomic E-state index is 4.51. The number of rotatable bonds is 3. The maximum absolute atomic E-state index is 4.51. The van der Waals surface area contributed by atoms with Crippen molar-refractivity contribution in [2.75, 3.05) is 5.32 Å². The second kappa shape index (κ2) is 4.76. The molecule has 0 bridgehead atoms. The molecule has 3 nitrogen and oxygen atoms in total. The predicted octanol–water partition coefficient (Wildman–Crippen LogP) is 4.11. The molecular formula is C16H17N3. The van der Waals surface area contributed by atoms with Crippen molar-refractivity contribution in [3.05, 3.63) is 54.4 Å². The van der Waals surface area contributed by atoms with Gasteiger partial charge in [-0.2, -0.15) is 0 Å². The molecule has 2 aromatic carbocycles. The Morgan fingerprint density at radius 3 is 2.68 bits per heavy atom. The van der Waals surface area contributed by atoms with Crippen molar-refractivity contribution < 1.29 is 0 Å². The average Bonchev–Trinajstić information content (AvgIpc) is 2.78. The van der Waals surface area contributed by atoms with E-state index >= 15 is 0 Å². The first-order valence-electron chi connectivity index (χ1n) is 6.56. The number of benzene rings is 2.